The van der Waals surface area contributed by atoms with Crippen molar-refractivity contribution in [3.63, 3.8) is 0 Å². The van der Waals surface area contributed by atoms with E-state index in [4.69, 9.17) is 15.2 Å². The molecule has 9 nitrogen and oxygen atoms in total. The van der Waals surface area contributed by atoms with E-state index in [1.165, 1.54) is 6.33 Å². The molecule has 3 aromatic heterocycles. The van der Waals surface area contributed by atoms with Crippen molar-refractivity contribution in [2.24, 2.45) is 5.92 Å². The van der Waals surface area contributed by atoms with E-state index in [-0.39, 0.29) is 12.0 Å². The van der Waals surface area contributed by atoms with E-state index in [0.717, 1.165) is 48.1 Å². The Bertz CT molecular complexity index is 1100. The molecule has 0 bridgehead atoms. The first-order valence-corrected chi connectivity index (χ1v) is 10.7. The molecule has 0 radical (unpaired) electrons. The van der Waals surface area contributed by atoms with Gasteiger partial charge >= 0.3 is 0 Å². The lowest BCUT2D eigenvalue weighted by Crippen LogP contribution is -2.31. The Labute approximate surface area is 179 Å². The van der Waals surface area contributed by atoms with Crippen LogP contribution in [0.3, 0.4) is 0 Å². The van der Waals surface area contributed by atoms with Gasteiger partial charge in [-0.25, -0.2) is 15.0 Å². The molecule has 1 saturated carbocycles. The normalized spacial score (nSPS) is 25.5. The van der Waals surface area contributed by atoms with Crippen LogP contribution in [0, 0.1) is 5.92 Å². The molecule has 31 heavy (non-hydrogen) atoms. The molecule has 0 saturated heterocycles. The van der Waals surface area contributed by atoms with Gasteiger partial charge in [0, 0.05) is 23.7 Å². The Morgan fingerprint density at radius 1 is 1.19 bits per heavy atom. The van der Waals surface area contributed by atoms with E-state index >= 15 is 0 Å². The molecule has 3 aromatic rings. The quantitative estimate of drug-likeness (QED) is 0.563. The molecular formula is C22H27N5O4. The third-order valence-electron chi connectivity index (χ3n) is 6.57. The molecule has 9 heteroatoms. The van der Waals surface area contributed by atoms with Crippen LogP contribution in [0.4, 0.5) is 5.82 Å². The summed E-state index contributed by atoms with van der Waals surface area (Å²) in [5.74, 6) is 1.47. The minimum atomic E-state index is -0.929. The number of anilines is 1. The van der Waals surface area contributed by atoms with Gasteiger partial charge in [-0.1, -0.05) is 0 Å². The number of aryl methyl sites for hydroxylation is 1. The van der Waals surface area contributed by atoms with Crippen molar-refractivity contribution < 1.29 is 19.7 Å². The molecule has 0 amide bonds. The summed E-state index contributed by atoms with van der Waals surface area (Å²) in [4.78, 5) is 12.9. The summed E-state index contributed by atoms with van der Waals surface area (Å²) >= 11 is 0. The van der Waals surface area contributed by atoms with E-state index < -0.39 is 12.2 Å². The lowest BCUT2D eigenvalue weighted by molar-refractivity contribution is -0.00152. The first-order valence-electron chi connectivity index (χ1n) is 10.7. The molecular weight excluding hydrogens is 398 g/mol. The summed E-state index contributed by atoms with van der Waals surface area (Å²) in [7, 11) is 1.60. The van der Waals surface area contributed by atoms with Crippen LogP contribution in [0.1, 0.15) is 36.6 Å². The van der Waals surface area contributed by atoms with Crippen molar-refractivity contribution in [3.05, 3.63) is 35.9 Å². The average Bonchev–Trinajstić information content (AvgIpc) is 3.34. The third kappa shape index (κ3) is 3.47. The van der Waals surface area contributed by atoms with E-state index in [2.05, 4.69) is 15.0 Å². The number of rotatable bonds is 5. The maximum absolute atomic E-state index is 10.8. The number of fused-ring (bicyclic) bond motifs is 2. The molecule has 4 N–H and O–H groups in total. The van der Waals surface area contributed by atoms with Crippen LogP contribution in [0.2, 0.25) is 0 Å². The monoisotopic (exact) mass is 425 g/mol. The van der Waals surface area contributed by atoms with Crippen LogP contribution in [-0.4, -0.2) is 55.7 Å². The molecule has 4 atom stereocenters. The Balaban J connectivity index is 1.36. The minimum absolute atomic E-state index is 0.227. The maximum Gasteiger partial charge on any atom is 0.216 e. The zero-order chi connectivity index (χ0) is 21.5. The fraction of sp³-hybridized carbons (Fsp3) is 0.500. The molecule has 0 aliphatic heterocycles. The van der Waals surface area contributed by atoms with Gasteiger partial charge in [0.2, 0.25) is 5.88 Å². The van der Waals surface area contributed by atoms with Gasteiger partial charge in [0.1, 0.15) is 29.6 Å². The lowest BCUT2D eigenvalue weighted by Gasteiger charge is -2.22. The van der Waals surface area contributed by atoms with Crippen LogP contribution < -0.4 is 15.2 Å². The van der Waals surface area contributed by atoms with Crippen molar-refractivity contribution in [1.29, 1.82) is 0 Å². The summed E-state index contributed by atoms with van der Waals surface area (Å²) in [5, 5.41) is 22.2. The number of aliphatic hydroxyl groups excluding tert-OH is 2. The van der Waals surface area contributed by atoms with Crippen LogP contribution >= 0.6 is 0 Å². The second-order valence-corrected chi connectivity index (χ2v) is 8.37. The van der Waals surface area contributed by atoms with E-state index in [1.807, 2.05) is 22.9 Å². The topological polar surface area (TPSA) is 129 Å². The van der Waals surface area contributed by atoms with Gasteiger partial charge in [-0.2, -0.15) is 0 Å². The predicted octanol–water partition coefficient (Wildman–Crippen LogP) is 1.66. The van der Waals surface area contributed by atoms with Crippen LogP contribution in [0.15, 0.2) is 24.7 Å². The maximum atomic E-state index is 10.8. The zero-order valence-electron chi connectivity index (χ0n) is 17.4. The SMILES string of the molecule is COc1cc(OC[C@@H]2C[C@@H](n3ccc4c(N)ncnc43)[C@H](O)[C@@H]2O)c2c(n1)CCCC2. The van der Waals surface area contributed by atoms with Crippen molar-refractivity contribution in [2.45, 2.75) is 50.4 Å². The fourth-order valence-electron chi connectivity index (χ4n) is 4.87. The number of aromatic nitrogens is 4. The molecule has 3 heterocycles. The van der Waals surface area contributed by atoms with Crippen molar-refractivity contribution in [3.8, 4) is 11.6 Å². The summed E-state index contributed by atoms with van der Waals surface area (Å²) < 4.78 is 13.4. The molecule has 0 aromatic carbocycles. The van der Waals surface area contributed by atoms with Gasteiger partial charge in [0.15, 0.2) is 0 Å². The van der Waals surface area contributed by atoms with E-state index in [9.17, 15) is 10.2 Å². The number of nitrogens with zero attached hydrogens (tertiary/aromatic N) is 4. The largest absolute Gasteiger partial charge is 0.493 e. The number of aliphatic hydroxyl groups is 2. The summed E-state index contributed by atoms with van der Waals surface area (Å²) in [6, 6.07) is 3.33. The van der Waals surface area contributed by atoms with Gasteiger partial charge in [0.05, 0.1) is 36.9 Å². The molecule has 0 spiro atoms. The number of nitrogens with two attached hydrogens (primary N) is 1. The molecule has 2 aliphatic carbocycles. The highest BCUT2D eigenvalue weighted by Crippen LogP contribution is 2.39. The Morgan fingerprint density at radius 2 is 2.03 bits per heavy atom. The first kappa shape index (κ1) is 20.0. The second kappa shape index (κ2) is 7.97. The number of methoxy groups -OCH3 is 1. The standard InChI is InChI=1S/C22H27N5O4/c1-30-18-9-17(13-4-2-3-5-15(13)26-18)31-10-12-8-16(20(29)19(12)28)27-7-6-14-21(23)24-11-25-22(14)27/h6-7,9,11-12,16,19-20,28-29H,2-5,8,10H2,1H3,(H2,23,24,25)/t12-,16+,19+,20-/m0/s1. The fourth-order valence-corrected chi connectivity index (χ4v) is 4.87. The zero-order valence-corrected chi connectivity index (χ0v) is 17.4. The van der Waals surface area contributed by atoms with E-state index in [1.54, 1.807) is 7.11 Å². The Kier molecular flexibility index (Phi) is 5.15. The first-order chi connectivity index (χ1) is 15.1. The Morgan fingerprint density at radius 3 is 2.87 bits per heavy atom. The van der Waals surface area contributed by atoms with Crippen molar-refractivity contribution in [1.82, 2.24) is 19.5 Å². The predicted molar refractivity (Wildman–Crippen MR) is 114 cm³/mol. The number of hydrogen-bond acceptors (Lipinski definition) is 8. The smallest absolute Gasteiger partial charge is 0.216 e. The number of ether oxygens (including phenoxy) is 2. The lowest BCUT2D eigenvalue weighted by atomic mass is 9.95. The third-order valence-corrected chi connectivity index (χ3v) is 6.57. The molecule has 5 rings (SSSR count). The van der Waals surface area contributed by atoms with Gasteiger partial charge in [-0.3, -0.25) is 0 Å². The van der Waals surface area contributed by atoms with Crippen LogP contribution in [0.25, 0.3) is 11.0 Å². The average molecular weight is 425 g/mol. The van der Waals surface area contributed by atoms with Crippen LogP contribution in [-0.2, 0) is 12.8 Å². The highest BCUT2D eigenvalue weighted by molar-refractivity contribution is 5.86. The Hall–Kier alpha value is -2.91. The minimum Gasteiger partial charge on any atom is -0.493 e. The van der Waals surface area contributed by atoms with Gasteiger partial charge < -0.3 is 30.0 Å². The molecule has 164 valence electrons. The van der Waals surface area contributed by atoms with Crippen LogP contribution in [0.5, 0.6) is 11.6 Å². The second-order valence-electron chi connectivity index (χ2n) is 8.37. The summed E-state index contributed by atoms with van der Waals surface area (Å²) in [5.41, 5.74) is 8.74. The molecule has 1 fully saturated rings. The molecule has 0 unspecified atom stereocenters. The molecule has 2 aliphatic rings. The number of hydrogen-bond donors (Lipinski definition) is 3. The highest BCUT2D eigenvalue weighted by Gasteiger charge is 2.43. The highest BCUT2D eigenvalue weighted by atomic mass is 16.5. The summed E-state index contributed by atoms with van der Waals surface area (Å²) in [6.07, 6.45) is 6.04. The van der Waals surface area contributed by atoms with Gasteiger partial charge in [-0.05, 0) is 38.2 Å². The number of pyridine rings is 1. The number of nitrogen functional groups attached to an aromatic ring is 1. The summed E-state index contributed by atoms with van der Waals surface area (Å²) in [6.45, 7) is 0.296. The van der Waals surface area contributed by atoms with Gasteiger partial charge in [0.25, 0.3) is 0 Å². The van der Waals surface area contributed by atoms with Gasteiger partial charge in [-0.15, -0.1) is 0 Å². The van der Waals surface area contributed by atoms with Crippen molar-refractivity contribution >= 4 is 16.9 Å². The van der Waals surface area contributed by atoms with E-state index in [0.29, 0.717) is 30.4 Å². The van der Waals surface area contributed by atoms with Crippen molar-refractivity contribution in [2.75, 3.05) is 19.5 Å².